The minimum absolute atomic E-state index is 0.265. The van der Waals surface area contributed by atoms with Crippen LogP contribution in [-0.2, 0) is 19.0 Å². The molecule has 2 atom stereocenters. The summed E-state index contributed by atoms with van der Waals surface area (Å²) in [6.07, 6.45) is 5.47. The fraction of sp³-hybridized carbons (Fsp3) is 0.400. The fourth-order valence-corrected chi connectivity index (χ4v) is 1.93. The van der Waals surface area contributed by atoms with Crippen molar-refractivity contribution in [2.24, 2.45) is 0 Å². The van der Waals surface area contributed by atoms with Gasteiger partial charge in [-0.15, -0.1) is 0 Å². The maximum absolute atomic E-state index is 10.9. The van der Waals surface area contributed by atoms with E-state index < -0.39 is 5.79 Å². The molecule has 0 bridgehead atoms. The third-order valence-electron chi connectivity index (χ3n) is 2.62. The van der Waals surface area contributed by atoms with E-state index in [1.54, 1.807) is 19.1 Å². The third kappa shape index (κ3) is 3.40. The predicted octanol–water partition coefficient (Wildman–Crippen LogP) is 1.53. The number of carbonyl (C=O) groups is 1. The summed E-state index contributed by atoms with van der Waals surface area (Å²) in [4.78, 5) is 10.9. The van der Waals surface area contributed by atoms with Crippen molar-refractivity contribution in [2.45, 2.75) is 32.2 Å². The molecule has 0 radical (unpaired) electrons. The Labute approximate surface area is 112 Å². The summed E-state index contributed by atoms with van der Waals surface area (Å²) in [6.45, 7) is 3.44. The Bertz CT molecular complexity index is 550. The molecular formula is C15H14O4. The molecule has 0 amide bonds. The molecule has 19 heavy (non-hydrogen) atoms. The molecule has 2 rings (SSSR count). The van der Waals surface area contributed by atoms with Crippen molar-refractivity contribution in [1.82, 2.24) is 0 Å². The highest BCUT2D eigenvalue weighted by atomic mass is 16.7. The van der Waals surface area contributed by atoms with Gasteiger partial charge in [-0.1, -0.05) is 11.8 Å². The van der Waals surface area contributed by atoms with Crippen LogP contribution >= 0.6 is 0 Å². The van der Waals surface area contributed by atoms with Crippen LogP contribution in [0.3, 0.4) is 0 Å². The van der Waals surface area contributed by atoms with Gasteiger partial charge in [-0.25, -0.2) is 0 Å². The van der Waals surface area contributed by atoms with Crippen LogP contribution in [0.1, 0.15) is 20.3 Å². The van der Waals surface area contributed by atoms with Gasteiger partial charge in [0, 0.05) is 13.0 Å². The van der Waals surface area contributed by atoms with E-state index >= 15 is 0 Å². The van der Waals surface area contributed by atoms with Crippen LogP contribution in [0.5, 0.6) is 0 Å². The molecular weight excluding hydrogens is 244 g/mol. The van der Waals surface area contributed by atoms with Gasteiger partial charge in [-0.05, 0) is 30.9 Å². The number of hydrogen-bond acceptors (Lipinski definition) is 4. The first-order chi connectivity index (χ1) is 9.13. The first-order valence-corrected chi connectivity index (χ1v) is 5.95. The molecule has 1 fully saturated rings. The largest absolute Gasteiger partial charge is 0.460 e. The molecule has 1 spiro atoms. The monoisotopic (exact) mass is 258 g/mol. The third-order valence-corrected chi connectivity index (χ3v) is 2.62. The zero-order chi connectivity index (χ0) is 13.7. The lowest BCUT2D eigenvalue weighted by Crippen LogP contribution is -2.26. The predicted molar refractivity (Wildman–Crippen MR) is 68.4 cm³/mol. The van der Waals surface area contributed by atoms with Crippen molar-refractivity contribution < 1.29 is 19.0 Å². The van der Waals surface area contributed by atoms with Crippen LogP contribution in [0.2, 0.25) is 0 Å². The maximum atomic E-state index is 10.9. The van der Waals surface area contributed by atoms with E-state index in [9.17, 15) is 4.79 Å². The van der Waals surface area contributed by atoms with Crippen molar-refractivity contribution in [1.29, 1.82) is 0 Å². The molecule has 2 unspecified atom stereocenters. The van der Waals surface area contributed by atoms with Crippen molar-refractivity contribution in [3.8, 4) is 23.7 Å². The number of carbonyl (C=O) groups excluding carboxylic acids is 1. The normalized spacial score (nSPS) is 29.4. The summed E-state index contributed by atoms with van der Waals surface area (Å²) in [6, 6.07) is 0. The molecule has 1 saturated heterocycles. The van der Waals surface area contributed by atoms with E-state index in [4.69, 9.17) is 14.2 Å². The highest BCUT2D eigenvalue weighted by molar-refractivity contribution is 5.66. The minimum atomic E-state index is -0.815. The molecule has 0 aromatic carbocycles. The van der Waals surface area contributed by atoms with Crippen molar-refractivity contribution >= 4 is 5.97 Å². The molecule has 98 valence electrons. The standard InChI is InChI=1S/C15H14O4/c1-3-4-5-6-7-13-8-9-15(19-13)10-14(11-17-15)18-12(2)16/h7-9,14H,10-11H2,1-2H3. The van der Waals surface area contributed by atoms with E-state index in [-0.39, 0.29) is 12.1 Å². The van der Waals surface area contributed by atoms with Crippen LogP contribution in [0.4, 0.5) is 0 Å². The molecule has 2 aliphatic heterocycles. The van der Waals surface area contributed by atoms with Crippen molar-refractivity contribution in [3.05, 3.63) is 24.0 Å². The zero-order valence-electron chi connectivity index (χ0n) is 10.9. The van der Waals surface area contributed by atoms with Gasteiger partial charge < -0.3 is 14.2 Å². The smallest absolute Gasteiger partial charge is 0.302 e. The van der Waals surface area contributed by atoms with Crippen LogP contribution in [0, 0.1) is 23.7 Å². The highest BCUT2D eigenvalue weighted by Crippen LogP contribution is 2.36. The number of rotatable bonds is 1. The first-order valence-electron chi connectivity index (χ1n) is 5.95. The Kier molecular flexibility index (Phi) is 3.94. The molecule has 4 heteroatoms. The quantitative estimate of drug-likeness (QED) is 0.528. The first kappa shape index (κ1) is 13.3. The van der Waals surface area contributed by atoms with Crippen molar-refractivity contribution in [3.63, 3.8) is 0 Å². The lowest BCUT2D eigenvalue weighted by Gasteiger charge is -2.20. The second-order valence-electron chi connectivity index (χ2n) is 4.18. The summed E-state index contributed by atoms with van der Waals surface area (Å²) >= 11 is 0. The lowest BCUT2D eigenvalue weighted by atomic mass is 10.1. The van der Waals surface area contributed by atoms with Crippen LogP contribution in [-0.4, -0.2) is 24.5 Å². The summed E-state index contributed by atoms with van der Waals surface area (Å²) in [7, 11) is 0. The molecule has 2 heterocycles. The molecule has 2 aliphatic rings. The van der Waals surface area contributed by atoms with E-state index in [1.165, 1.54) is 6.92 Å². The summed E-state index contributed by atoms with van der Waals surface area (Å²) in [5.74, 6) is 10.2. The van der Waals surface area contributed by atoms with Crippen LogP contribution in [0.25, 0.3) is 0 Å². The Balaban J connectivity index is 1.96. The molecule has 0 aromatic rings. The SMILES string of the molecule is CC#CC#CC=C1C=CC2(CC(OC(C)=O)CO2)O1. The highest BCUT2D eigenvalue weighted by Gasteiger charge is 2.44. The van der Waals surface area contributed by atoms with Gasteiger partial charge in [0.1, 0.15) is 11.9 Å². The molecule has 4 nitrogen and oxygen atoms in total. The Morgan fingerprint density at radius 1 is 1.58 bits per heavy atom. The number of allylic oxidation sites excluding steroid dienone is 2. The van der Waals surface area contributed by atoms with Crippen molar-refractivity contribution in [2.75, 3.05) is 6.61 Å². The number of hydrogen-bond donors (Lipinski definition) is 0. The van der Waals surface area contributed by atoms with Crippen LogP contribution < -0.4 is 0 Å². The molecule has 0 saturated carbocycles. The van der Waals surface area contributed by atoms with E-state index in [0.29, 0.717) is 18.8 Å². The molecule has 0 aromatic heterocycles. The second-order valence-corrected chi connectivity index (χ2v) is 4.18. The lowest BCUT2D eigenvalue weighted by molar-refractivity contribution is -0.146. The van der Waals surface area contributed by atoms with E-state index in [1.807, 2.05) is 6.08 Å². The second kappa shape index (κ2) is 5.65. The average molecular weight is 258 g/mol. The topological polar surface area (TPSA) is 44.8 Å². The van der Waals surface area contributed by atoms with Gasteiger partial charge in [0.15, 0.2) is 0 Å². The zero-order valence-corrected chi connectivity index (χ0v) is 10.9. The van der Waals surface area contributed by atoms with Gasteiger partial charge in [-0.2, -0.15) is 0 Å². The summed E-state index contributed by atoms with van der Waals surface area (Å²) in [5.41, 5.74) is 0. The Morgan fingerprint density at radius 2 is 2.42 bits per heavy atom. The van der Waals surface area contributed by atoms with Gasteiger partial charge in [0.05, 0.1) is 13.0 Å². The Morgan fingerprint density at radius 3 is 3.16 bits per heavy atom. The van der Waals surface area contributed by atoms with Crippen LogP contribution in [0.15, 0.2) is 24.0 Å². The van der Waals surface area contributed by atoms with Gasteiger partial charge in [0.25, 0.3) is 0 Å². The summed E-state index contributed by atoms with van der Waals surface area (Å²) < 4.78 is 16.4. The number of esters is 1. The van der Waals surface area contributed by atoms with Gasteiger partial charge in [-0.3, -0.25) is 4.79 Å². The fourth-order valence-electron chi connectivity index (χ4n) is 1.93. The van der Waals surface area contributed by atoms with Gasteiger partial charge in [0.2, 0.25) is 5.79 Å². The molecule has 0 N–H and O–H groups in total. The maximum Gasteiger partial charge on any atom is 0.302 e. The minimum Gasteiger partial charge on any atom is -0.460 e. The summed E-state index contributed by atoms with van der Waals surface area (Å²) in [5, 5.41) is 0. The molecule has 0 aliphatic carbocycles. The van der Waals surface area contributed by atoms with E-state index in [2.05, 4.69) is 23.7 Å². The average Bonchev–Trinajstić information content (AvgIpc) is 2.93. The Hall–Kier alpha value is -2.17. The van der Waals surface area contributed by atoms with Gasteiger partial charge >= 0.3 is 5.97 Å². The number of ether oxygens (including phenoxy) is 3. The van der Waals surface area contributed by atoms with E-state index in [0.717, 1.165) is 0 Å².